The van der Waals surface area contributed by atoms with Crippen molar-refractivity contribution >= 4 is 10.1 Å². The molecule has 0 aromatic carbocycles. The van der Waals surface area contributed by atoms with Gasteiger partial charge in [0.25, 0.3) is 0 Å². The molecule has 20 heavy (non-hydrogen) atoms. The second kappa shape index (κ2) is 6.94. The fraction of sp³-hybridized carbons (Fsp3) is 1.00. The largest absolute Gasteiger partial charge is 0.437 e. The minimum Gasteiger partial charge on any atom is -0.344 e. The van der Waals surface area contributed by atoms with E-state index in [1.54, 1.807) is 6.92 Å². The molecule has 0 rings (SSSR count). The molecule has 0 radical (unpaired) electrons. The van der Waals surface area contributed by atoms with Crippen LogP contribution in [-0.4, -0.2) is 30.1 Å². The van der Waals surface area contributed by atoms with Crippen molar-refractivity contribution in [3.05, 3.63) is 0 Å². The molecular formula is C9H17F6NO3S. The van der Waals surface area contributed by atoms with Gasteiger partial charge >= 0.3 is 27.2 Å². The minimum atomic E-state index is -6.64. The molecule has 0 unspecified atom stereocenters. The summed E-state index contributed by atoms with van der Waals surface area (Å²) in [5.74, 6) is -11.4. The lowest BCUT2D eigenvalue weighted by Crippen LogP contribution is -2.57. The zero-order chi connectivity index (χ0) is 15.5. The maximum Gasteiger partial charge on any atom is 0.437 e. The molecule has 0 heterocycles. The van der Waals surface area contributed by atoms with Crippen molar-refractivity contribution in [3.8, 4) is 0 Å². The first kappa shape index (κ1) is 21.7. The van der Waals surface area contributed by atoms with E-state index >= 15 is 0 Å². The molecule has 0 atom stereocenters. The van der Waals surface area contributed by atoms with E-state index in [0.717, 1.165) is 0 Å². The van der Waals surface area contributed by atoms with Gasteiger partial charge in [0.15, 0.2) is 0 Å². The Morgan fingerprint density at radius 1 is 0.950 bits per heavy atom. The van der Waals surface area contributed by atoms with Gasteiger partial charge < -0.3 is 6.15 Å². The molecular weight excluding hydrogens is 316 g/mol. The second-order valence-corrected chi connectivity index (χ2v) is 5.54. The average molecular weight is 333 g/mol. The first-order chi connectivity index (χ1) is 8.31. The summed E-state index contributed by atoms with van der Waals surface area (Å²) >= 11 is 0. The van der Waals surface area contributed by atoms with Crippen LogP contribution in [0.3, 0.4) is 0 Å². The van der Waals surface area contributed by atoms with Crippen LogP contribution >= 0.6 is 0 Å². The Kier molecular flexibility index (Phi) is 7.55. The van der Waals surface area contributed by atoms with Gasteiger partial charge in [-0.3, -0.25) is 4.55 Å². The van der Waals surface area contributed by atoms with Crippen LogP contribution in [0.1, 0.15) is 39.0 Å². The molecule has 0 fully saturated rings. The minimum absolute atomic E-state index is 0. The first-order valence-electron chi connectivity index (χ1n) is 5.41. The molecule has 0 aliphatic heterocycles. The van der Waals surface area contributed by atoms with Gasteiger partial charge in [-0.25, -0.2) is 0 Å². The molecule has 0 aliphatic rings. The standard InChI is InChI=1S/C9H14F6O3S.H3N/c1-2-3-4-5-6-7(10,11)8(12,13)9(14,15)19(16,17)18;/h2-6H2,1H3,(H,16,17,18);1H3. The maximum atomic E-state index is 13.0. The number of unbranched alkanes of at least 4 members (excludes halogenated alkanes) is 3. The van der Waals surface area contributed by atoms with Crippen LogP contribution in [0, 0.1) is 0 Å². The van der Waals surface area contributed by atoms with Crippen molar-refractivity contribution < 1.29 is 39.3 Å². The van der Waals surface area contributed by atoms with E-state index in [-0.39, 0.29) is 12.6 Å². The Bertz CT molecular complexity index is 398. The predicted molar refractivity (Wildman–Crippen MR) is 60.2 cm³/mol. The molecule has 11 heteroatoms. The molecule has 4 N–H and O–H groups in total. The van der Waals surface area contributed by atoms with Crippen molar-refractivity contribution in [1.29, 1.82) is 0 Å². The van der Waals surface area contributed by atoms with Crippen molar-refractivity contribution in [2.24, 2.45) is 0 Å². The van der Waals surface area contributed by atoms with Crippen LogP contribution in [0.4, 0.5) is 26.3 Å². The van der Waals surface area contributed by atoms with Crippen molar-refractivity contribution in [2.75, 3.05) is 0 Å². The molecule has 0 spiro atoms. The molecule has 0 saturated heterocycles. The van der Waals surface area contributed by atoms with Crippen LogP contribution in [0.15, 0.2) is 0 Å². The van der Waals surface area contributed by atoms with Crippen LogP contribution < -0.4 is 6.15 Å². The fourth-order valence-electron chi connectivity index (χ4n) is 1.31. The highest BCUT2D eigenvalue weighted by Gasteiger charge is 2.76. The van der Waals surface area contributed by atoms with Crippen LogP contribution in [0.2, 0.25) is 0 Å². The van der Waals surface area contributed by atoms with E-state index in [9.17, 15) is 34.8 Å². The molecule has 4 nitrogen and oxygen atoms in total. The molecule has 0 bridgehead atoms. The van der Waals surface area contributed by atoms with Crippen molar-refractivity contribution in [1.82, 2.24) is 6.15 Å². The third-order valence-electron chi connectivity index (χ3n) is 2.49. The molecule has 0 aromatic rings. The van der Waals surface area contributed by atoms with E-state index in [0.29, 0.717) is 12.8 Å². The summed E-state index contributed by atoms with van der Waals surface area (Å²) in [4.78, 5) is 0. The molecule has 0 amide bonds. The van der Waals surface area contributed by atoms with Gasteiger partial charge in [0.2, 0.25) is 0 Å². The Morgan fingerprint density at radius 3 is 1.75 bits per heavy atom. The lowest BCUT2D eigenvalue weighted by Gasteiger charge is -2.30. The van der Waals surface area contributed by atoms with E-state index in [1.165, 1.54) is 0 Å². The summed E-state index contributed by atoms with van der Waals surface area (Å²) in [7, 11) is -6.64. The third-order valence-corrected chi connectivity index (χ3v) is 3.40. The number of rotatable bonds is 8. The van der Waals surface area contributed by atoms with Gasteiger partial charge in [0.1, 0.15) is 0 Å². The predicted octanol–water partition coefficient (Wildman–Crippen LogP) is 3.87. The lowest BCUT2D eigenvalue weighted by molar-refractivity contribution is -0.282. The SMILES string of the molecule is CCCCCCC(F)(F)C(F)(F)C(F)(F)S(=O)(=O)O.N. The van der Waals surface area contributed by atoms with E-state index in [2.05, 4.69) is 0 Å². The third kappa shape index (κ3) is 4.22. The van der Waals surface area contributed by atoms with Gasteiger partial charge in [-0.2, -0.15) is 34.8 Å². The van der Waals surface area contributed by atoms with Crippen LogP contribution in [0.5, 0.6) is 0 Å². The van der Waals surface area contributed by atoms with Gasteiger partial charge in [-0.15, -0.1) is 0 Å². The second-order valence-electron chi connectivity index (χ2n) is 4.08. The summed E-state index contributed by atoms with van der Waals surface area (Å²) in [6.45, 7) is 1.72. The van der Waals surface area contributed by atoms with Gasteiger partial charge in [-0.1, -0.05) is 26.2 Å². The average Bonchev–Trinajstić information content (AvgIpc) is 2.22. The lowest BCUT2D eigenvalue weighted by atomic mass is 10.0. The van der Waals surface area contributed by atoms with Crippen LogP contribution in [-0.2, 0) is 10.1 Å². The summed E-state index contributed by atoms with van der Waals surface area (Å²) in [6, 6.07) is 0. The molecule has 124 valence electrons. The summed E-state index contributed by atoms with van der Waals surface area (Å²) in [5.41, 5.74) is 0. The zero-order valence-corrected chi connectivity index (χ0v) is 11.5. The number of halogens is 6. The first-order valence-corrected chi connectivity index (χ1v) is 6.85. The van der Waals surface area contributed by atoms with E-state index < -0.39 is 40.1 Å². The number of alkyl halides is 6. The van der Waals surface area contributed by atoms with Gasteiger partial charge in [-0.05, 0) is 6.42 Å². The van der Waals surface area contributed by atoms with Gasteiger partial charge in [0, 0.05) is 6.42 Å². The van der Waals surface area contributed by atoms with E-state index in [4.69, 9.17) is 4.55 Å². The zero-order valence-electron chi connectivity index (χ0n) is 10.7. The number of hydrogen-bond donors (Lipinski definition) is 2. The topological polar surface area (TPSA) is 89.4 Å². The normalized spacial score (nSPS) is 14.0. The summed E-state index contributed by atoms with van der Waals surface area (Å²) < 4.78 is 106. The van der Waals surface area contributed by atoms with Gasteiger partial charge in [0.05, 0.1) is 0 Å². The Balaban J connectivity index is 0. The molecule has 0 aromatic heterocycles. The van der Waals surface area contributed by atoms with Crippen molar-refractivity contribution in [2.45, 2.75) is 56.1 Å². The maximum absolute atomic E-state index is 13.0. The molecule has 0 saturated carbocycles. The Hall–Kier alpha value is -0.550. The Morgan fingerprint density at radius 2 is 1.40 bits per heavy atom. The highest BCUT2D eigenvalue weighted by molar-refractivity contribution is 7.87. The quantitative estimate of drug-likeness (QED) is 0.401. The fourth-order valence-corrected chi connectivity index (χ4v) is 1.78. The highest BCUT2D eigenvalue weighted by atomic mass is 32.2. The monoisotopic (exact) mass is 333 g/mol. The van der Waals surface area contributed by atoms with Crippen LogP contribution in [0.25, 0.3) is 0 Å². The molecule has 0 aliphatic carbocycles. The van der Waals surface area contributed by atoms with Crippen molar-refractivity contribution in [3.63, 3.8) is 0 Å². The summed E-state index contributed by atoms with van der Waals surface area (Å²) in [6.07, 6.45) is -0.859. The Labute approximate surface area is 112 Å². The summed E-state index contributed by atoms with van der Waals surface area (Å²) in [5, 5.41) is -6.24. The van der Waals surface area contributed by atoms with E-state index in [1.807, 2.05) is 0 Å². The highest BCUT2D eigenvalue weighted by Crippen LogP contribution is 2.50. The number of hydrogen-bond acceptors (Lipinski definition) is 3. The smallest absolute Gasteiger partial charge is 0.344 e.